The number of aliphatic hydroxyl groups excluding tert-OH is 2. The third-order valence-electron chi connectivity index (χ3n) is 2.10. The number of hydrogen-bond donors (Lipinski definition) is 3. The molecule has 2 atom stereocenters. The van der Waals surface area contributed by atoms with Crippen LogP contribution in [0, 0.1) is 0 Å². The molecule has 0 heterocycles. The van der Waals surface area contributed by atoms with Crippen molar-refractivity contribution in [3.05, 3.63) is 29.8 Å². The summed E-state index contributed by atoms with van der Waals surface area (Å²) in [5, 5.41) is 18.0. The summed E-state index contributed by atoms with van der Waals surface area (Å²) in [7, 11) is 1.58. The van der Waals surface area contributed by atoms with Gasteiger partial charge in [-0.25, -0.2) is 0 Å². The standard InChI is InChI=1S/C10H15NO3/c1-14-8-4-2-7(3-5-8)10(11)9(13)6-12/h2-5,9-10,12-13H,6,11H2,1H3/t9-,10+/m0/s1. The van der Waals surface area contributed by atoms with Gasteiger partial charge in [-0.1, -0.05) is 12.1 Å². The Morgan fingerprint density at radius 1 is 1.36 bits per heavy atom. The van der Waals surface area contributed by atoms with E-state index in [0.29, 0.717) is 0 Å². The van der Waals surface area contributed by atoms with Gasteiger partial charge >= 0.3 is 0 Å². The Morgan fingerprint density at radius 3 is 2.36 bits per heavy atom. The molecule has 0 radical (unpaired) electrons. The molecule has 1 aromatic rings. The first-order valence-corrected chi connectivity index (χ1v) is 4.37. The zero-order valence-corrected chi connectivity index (χ0v) is 8.05. The molecule has 1 aromatic carbocycles. The molecular formula is C10H15NO3. The van der Waals surface area contributed by atoms with Gasteiger partial charge < -0.3 is 20.7 Å². The van der Waals surface area contributed by atoms with E-state index in [0.717, 1.165) is 11.3 Å². The van der Waals surface area contributed by atoms with Crippen LogP contribution in [-0.2, 0) is 0 Å². The highest BCUT2D eigenvalue weighted by atomic mass is 16.5. The fourth-order valence-corrected chi connectivity index (χ4v) is 1.16. The molecule has 4 nitrogen and oxygen atoms in total. The minimum absolute atomic E-state index is 0.340. The van der Waals surface area contributed by atoms with Crippen molar-refractivity contribution in [3.63, 3.8) is 0 Å². The van der Waals surface area contributed by atoms with Crippen molar-refractivity contribution in [2.75, 3.05) is 13.7 Å². The number of ether oxygens (including phenoxy) is 1. The minimum atomic E-state index is -0.927. The van der Waals surface area contributed by atoms with Crippen molar-refractivity contribution in [2.45, 2.75) is 12.1 Å². The Balaban J connectivity index is 2.75. The summed E-state index contributed by atoms with van der Waals surface area (Å²) in [4.78, 5) is 0. The van der Waals surface area contributed by atoms with Gasteiger partial charge in [0.2, 0.25) is 0 Å². The van der Waals surface area contributed by atoms with Crippen molar-refractivity contribution >= 4 is 0 Å². The van der Waals surface area contributed by atoms with Crippen molar-refractivity contribution < 1.29 is 14.9 Å². The molecule has 0 saturated carbocycles. The second-order valence-corrected chi connectivity index (χ2v) is 3.05. The van der Waals surface area contributed by atoms with Crippen LogP contribution in [0.5, 0.6) is 5.75 Å². The highest BCUT2D eigenvalue weighted by molar-refractivity contribution is 5.29. The number of hydrogen-bond acceptors (Lipinski definition) is 4. The van der Waals surface area contributed by atoms with Gasteiger partial charge in [0.25, 0.3) is 0 Å². The fourth-order valence-electron chi connectivity index (χ4n) is 1.16. The summed E-state index contributed by atoms with van der Waals surface area (Å²) < 4.78 is 4.98. The molecule has 0 unspecified atom stereocenters. The molecule has 0 aliphatic carbocycles. The van der Waals surface area contributed by atoms with Gasteiger partial charge in [-0.05, 0) is 17.7 Å². The van der Waals surface area contributed by atoms with Gasteiger partial charge in [0.15, 0.2) is 0 Å². The minimum Gasteiger partial charge on any atom is -0.497 e. The maximum Gasteiger partial charge on any atom is 0.118 e. The molecule has 0 aromatic heterocycles. The first kappa shape index (κ1) is 11.0. The van der Waals surface area contributed by atoms with Crippen LogP contribution in [0.3, 0.4) is 0 Å². The first-order valence-electron chi connectivity index (χ1n) is 4.37. The fraction of sp³-hybridized carbons (Fsp3) is 0.400. The molecule has 4 heteroatoms. The number of methoxy groups -OCH3 is 1. The van der Waals surface area contributed by atoms with Crippen LogP contribution in [0.15, 0.2) is 24.3 Å². The highest BCUT2D eigenvalue weighted by Crippen LogP contribution is 2.18. The van der Waals surface area contributed by atoms with Gasteiger partial charge in [0.1, 0.15) is 5.75 Å². The van der Waals surface area contributed by atoms with Crippen LogP contribution in [0.2, 0.25) is 0 Å². The molecule has 0 fully saturated rings. The third kappa shape index (κ3) is 2.45. The summed E-state index contributed by atoms with van der Waals surface area (Å²) in [6.45, 7) is -0.340. The predicted molar refractivity (Wildman–Crippen MR) is 53.0 cm³/mol. The van der Waals surface area contributed by atoms with Gasteiger partial charge in [0.05, 0.1) is 25.9 Å². The second kappa shape index (κ2) is 4.95. The predicted octanol–water partition coefficient (Wildman–Crippen LogP) is 0.0482. The first-order chi connectivity index (χ1) is 6.69. The Bertz CT molecular complexity index is 273. The summed E-state index contributed by atoms with van der Waals surface area (Å²) >= 11 is 0. The van der Waals surface area contributed by atoms with E-state index < -0.39 is 12.1 Å². The number of nitrogens with two attached hydrogens (primary N) is 1. The lowest BCUT2D eigenvalue weighted by Gasteiger charge is -2.16. The van der Waals surface area contributed by atoms with Crippen LogP contribution < -0.4 is 10.5 Å². The zero-order chi connectivity index (χ0) is 10.6. The van der Waals surface area contributed by atoms with Crippen LogP contribution in [0.4, 0.5) is 0 Å². The van der Waals surface area contributed by atoms with Crippen molar-refractivity contribution in [1.82, 2.24) is 0 Å². The lowest BCUT2D eigenvalue weighted by molar-refractivity contribution is 0.0741. The van der Waals surface area contributed by atoms with E-state index in [4.69, 9.17) is 15.6 Å². The van der Waals surface area contributed by atoms with Crippen LogP contribution in [0.1, 0.15) is 11.6 Å². The Morgan fingerprint density at radius 2 is 1.93 bits per heavy atom. The van der Waals surface area contributed by atoms with Gasteiger partial charge in [-0.2, -0.15) is 0 Å². The molecule has 0 spiro atoms. The largest absolute Gasteiger partial charge is 0.497 e. The van der Waals surface area contributed by atoms with Crippen molar-refractivity contribution in [2.24, 2.45) is 5.73 Å². The molecule has 14 heavy (non-hydrogen) atoms. The van der Waals surface area contributed by atoms with Crippen LogP contribution in [0.25, 0.3) is 0 Å². The molecule has 1 rings (SSSR count). The average molecular weight is 197 g/mol. The molecular weight excluding hydrogens is 182 g/mol. The third-order valence-corrected chi connectivity index (χ3v) is 2.10. The molecule has 0 saturated heterocycles. The van der Waals surface area contributed by atoms with Crippen LogP contribution in [-0.4, -0.2) is 30.0 Å². The number of benzene rings is 1. The maximum absolute atomic E-state index is 9.30. The van der Waals surface area contributed by atoms with Crippen molar-refractivity contribution in [1.29, 1.82) is 0 Å². The van der Waals surface area contributed by atoms with E-state index in [9.17, 15) is 5.11 Å². The Labute approximate surface area is 82.9 Å². The van der Waals surface area contributed by atoms with E-state index in [-0.39, 0.29) is 6.61 Å². The number of rotatable bonds is 4. The topological polar surface area (TPSA) is 75.7 Å². The van der Waals surface area contributed by atoms with Crippen molar-refractivity contribution in [3.8, 4) is 5.75 Å². The van der Waals surface area contributed by atoms with E-state index in [1.807, 2.05) is 0 Å². The van der Waals surface area contributed by atoms with Gasteiger partial charge in [0, 0.05) is 0 Å². The summed E-state index contributed by atoms with van der Waals surface area (Å²) in [5.41, 5.74) is 6.46. The Kier molecular flexibility index (Phi) is 3.88. The normalized spacial score (nSPS) is 14.9. The summed E-state index contributed by atoms with van der Waals surface area (Å²) in [6, 6.07) is 6.49. The Hall–Kier alpha value is -1.10. The lowest BCUT2D eigenvalue weighted by atomic mass is 10.0. The molecule has 4 N–H and O–H groups in total. The van der Waals surface area contributed by atoms with Gasteiger partial charge in [-0.15, -0.1) is 0 Å². The molecule has 0 aliphatic heterocycles. The quantitative estimate of drug-likeness (QED) is 0.637. The summed E-state index contributed by atoms with van der Waals surface area (Å²) in [6.07, 6.45) is -0.927. The van der Waals surface area contributed by atoms with E-state index in [1.165, 1.54) is 0 Å². The molecule has 0 amide bonds. The maximum atomic E-state index is 9.30. The number of aliphatic hydroxyl groups is 2. The lowest BCUT2D eigenvalue weighted by Crippen LogP contribution is -2.29. The van der Waals surface area contributed by atoms with Gasteiger partial charge in [-0.3, -0.25) is 0 Å². The zero-order valence-electron chi connectivity index (χ0n) is 8.05. The molecule has 0 aliphatic rings. The smallest absolute Gasteiger partial charge is 0.118 e. The van der Waals surface area contributed by atoms with E-state index >= 15 is 0 Å². The van der Waals surface area contributed by atoms with E-state index in [1.54, 1.807) is 31.4 Å². The SMILES string of the molecule is COc1ccc([C@@H](N)[C@@H](O)CO)cc1. The average Bonchev–Trinajstić information content (AvgIpc) is 2.27. The van der Waals surface area contributed by atoms with Crippen LogP contribution >= 0.6 is 0 Å². The second-order valence-electron chi connectivity index (χ2n) is 3.05. The van der Waals surface area contributed by atoms with E-state index in [2.05, 4.69) is 0 Å². The monoisotopic (exact) mass is 197 g/mol. The molecule has 0 bridgehead atoms. The highest BCUT2D eigenvalue weighted by Gasteiger charge is 2.15. The summed E-state index contributed by atoms with van der Waals surface area (Å²) in [5.74, 6) is 0.736. The molecule has 78 valence electrons.